The van der Waals surface area contributed by atoms with Crippen LogP contribution in [0.5, 0.6) is 0 Å². The van der Waals surface area contributed by atoms with Gasteiger partial charge < -0.3 is 17.0 Å². The summed E-state index contributed by atoms with van der Waals surface area (Å²) in [7, 11) is -2.38. The van der Waals surface area contributed by atoms with Crippen molar-refractivity contribution in [2.24, 2.45) is 0 Å². The number of hydrogen-bond donors (Lipinski definition) is 0. The average Bonchev–Trinajstić information content (AvgIpc) is 2.72. The molecule has 3 heteroatoms. The molecule has 0 aliphatic rings. The van der Waals surface area contributed by atoms with Crippen LogP contribution in [0.1, 0.15) is 0 Å². The van der Waals surface area contributed by atoms with Crippen molar-refractivity contribution in [3.8, 4) is 0 Å². The lowest BCUT2D eigenvalue weighted by Crippen LogP contribution is -3.00. The van der Waals surface area contributed by atoms with Crippen LogP contribution in [-0.4, -0.2) is 8.24 Å². The fraction of sp³-hybridized carbons (Fsp3) is 0. The minimum Gasteiger partial charge on any atom is -1.00 e. The molecule has 128 valence electrons. The molecular formula is C23H20BrNSi. The Morgan fingerprint density at radius 2 is 0.731 bits per heavy atom. The summed E-state index contributed by atoms with van der Waals surface area (Å²) in [6.45, 7) is 0. The van der Waals surface area contributed by atoms with Gasteiger partial charge in [-0.3, -0.25) is 4.23 Å². The van der Waals surface area contributed by atoms with Crippen molar-refractivity contribution in [2.45, 2.75) is 0 Å². The third-order valence-electron chi connectivity index (χ3n) is 4.68. The van der Waals surface area contributed by atoms with Crippen LogP contribution in [0.4, 0.5) is 0 Å². The van der Waals surface area contributed by atoms with Crippen LogP contribution in [0.25, 0.3) is 0 Å². The smallest absolute Gasteiger partial charge is 0.462 e. The lowest BCUT2D eigenvalue weighted by Gasteiger charge is -2.26. The maximum atomic E-state index is 2.44. The van der Waals surface area contributed by atoms with E-state index >= 15 is 0 Å². The zero-order valence-corrected chi connectivity index (χ0v) is 17.0. The predicted octanol–water partition coefficient (Wildman–Crippen LogP) is -0.507. The Bertz CT molecular complexity index is 765. The lowest BCUT2D eigenvalue weighted by atomic mass is 10.3. The normalized spacial score (nSPS) is 10.8. The van der Waals surface area contributed by atoms with E-state index in [0.29, 0.717) is 0 Å². The van der Waals surface area contributed by atoms with Gasteiger partial charge in [0.05, 0.1) is 0 Å². The topological polar surface area (TPSA) is 3.88 Å². The quantitative estimate of drug-likeness (QED) is 0.311. The van der Waals surface area contributed by atoms with Gasteiger partial charge in [0.2, 0.25) is 0 Å². The summed E-state index contributed by atoms with van der Waals surface area (Å²) in [5, 5.41) is 4.14. The molecule has 0 N–H and O–H groups in total. The average molecular weight is 418 g/mol. The Balaban J connectivity index is 0.00000196. The van der Waals surface area contributed by atoms with Crippen molar-refractivity contribution in [3.05, 3.63) is 122 Å². The fourth-order valence-corrected chi connectivity index (χ4v) is 8.15. The molecule has 0 saturated carbocycles. The first kappa shape index (κ1) is 18.3. The van der Waals surface area contributed by atoms with Crippen molar-refractivity contribution >= 4 is 23.8 Å². The minimum absolute atomic E-state index is 0. The van der Waals surface area contributed by atoms with Crippen LogP contribution in [0.15, 0.2) is 122 Å². The third kappa shape index (κ3) is 3.16. The van der Waals surface area contributed by atoms with E-state index in [1.807, 2.05) is 0 Å². The molecule has 1 heterocycles. The van der Waals surface area contributed by atoms with Gasteiger partial charge in [-0.1, -0.05) is 97.1 Å². The first-order valence-electron chi connectivity index (χ1n) is 8.56. The summed E-state index contributed by atoms with van der Waals surface area (Å²) in [6, 6.07) is 39.1. The van der Waals surface area contributed by atoms with Gasteiger partial charge in [0.25, 0.3) is 0 Å². The molecule has 4 aromatic rings. The van der Waals surface area contributed by atoms with E-state index in [9.17, 15) is 0 Å². The summed E-state index contributed by atoms with van der Waals surface area (Å²) in [4.78, 5) is 0. The second-order valence-corrected chi connectivity index (χ2v) is 9.76. The number of aromatic nitrogens is 1. The molecule has 0 unspecified atom stereocenters. The van der Waals surface area contributed by atoms with Gasteiger partial charge >= 0.3 is 8.24 Å². The van der Waals surface area contributed by atoms with Crippen LogP contribution >= 0.6 is 0 Å². The van der Waals surface area contributed by atoms with Crippen LogP contribution in [0.3, 0.4) is 0 Å². The second kappa shape index (κ2) is 8.26. The highest BCUT2D eigenvalue weighted by atomic mass is 79.9. The Hall–Kier alpha value is -2.49. The van der Waals surface area contributed by atoms with E-state index in [4.69, 9.17) is 0 Å². The Kier molecular flexibility index (Phi) is 5.81. The van der Waals surface area contributed by atoms with Gasteiger partial charge in [-0.2, -0.15) is 0 Å². The number of pyridine rings is 1. The molecule has 1 nitrogen and oxygen atoms in total. The molecule has 0 fully saturated rings. The zero-order chi connectivity index (χ0) is 17.0. The molecule has 0 spiro atoms. The van der Waals surface area contributed by atoms with E-state index in [2.05, 4.69) is 126 Å². The summed E-state index contributed by atoms with van der Waals surface area (Å²) in [6.07, 6.45) is 4.42. The van der Waals surface area contributed by atoms with Gasteiger partial charge in [-0.25, -0.2) is 0 Å². The number of benzene rings is 3. The molecule has 0 bridgehead atoms. The Labute approximate surface area is 166 Å². The van der Waals surface area contributed by atoms with E-state index in [-0.39, 0.29) is 17.0 Å². The van der Waals surface area contributed by atoms with Crippen LogP contribution in [0, 0.1) is 0 Å². The Morgan fingerprint density at radius 3 is 1.08 bits per heavy atom. The maximum absolute atomic E-state index is 2.44. The highest BCUT2D eigenvalue weighted by molar-refractivity contribution is 7.05. The standard InChI is InChI=1S/C23H20NSi.BrH/c1-5-13-21(14-6-1)25(22-15-7-2-8-16-22,23-17-9-3-10-18-23)24-19-11-4-12-20-24;/h1-20H;1H/q+1;/p-1. The molecular weight excluding hydrogens is 398 g/mol. The first-order valence-corrected chi connectivity index (χ1v) is 10.5. The van der Waals surface area contributed by atoms with Gasteiger partial charge in [0, 0.05) is 15.6 Å². The van der Waals surface area contributed by atoms with Crippen molar-refractivity contribution in [2.75, 3.05) is 0 Å². The first-order chi connectivity index (χ1) is 12.4. The molecule has 0 aliphatic heterocycles. The summed E-state index contributed by atoms with van der Waals surface area (Å²) >= 11 is 0. The minimum atomic E-state index is -2.38. The van der Waals surface area contributed by atoms with E-state index < -0.39 is 8.24 Å². The molecule has 26 heavy (non-hydrogen) atoms. The lowest BCUT2D eigenvalue weighted by molar-refractivity contribution is -0.539. The highest BCUT2D eigenvalue weighted by Gasteiger charge is 2.52. The van der Waals surface area contributed by atoms with Gasteiger partial charge in [-0.05, 0) is 12.1 Å². The maximum Gasteiger partial charge on any atom is 0.462 e. The van der Waals surface area contributed by atoms with Crippen molar-refractivity contribution in [3.63, 3.8) is 0 Å². The number of nitrogens with zero attached hydrogens (tertiary/aromatic N) is 1. The monoisotopic (exact) mass is 417 g/mol. The number of rotatable bonds is 4. The summed E-state index contributed by atoms with van der Waals surface area (Å²) in [5.74, 6) is 0. The molecule has 4 rings (SSSR count). The van der Waals surface area contributed by atoms with Crippen molar-refractivity contribution in [1.82, 2.24) is 0 Å². The summed E-state index contributed by atoms with van der Waals surface area (Å²) in [5.41, 5.74) is 0. The van der Waals surface area contributed by atoms with Gasteiger partial charge in [-0.15, -0.1) is 0 Å². The molecule has 1 aromatic heterocycles. The highest BCUT2D eigenvalue weighted by Crippen LogP contribution is 2.05. The molecule has 0 radical (unpaired) electrons. The molecule has 0 atom stereocenters. The van der Waals surface area contributed by atoms with Crippen LogP contribution in [0.2, 0.25) is 0 Å². The van der Waals surface area contributed by atoms with Gasteiger partial charge in [0.15, 0.2) is 0 Å². The number of hydrogen-bond acceptors (Lipinski definition) is 0. The predicted molar refractivity (Wildman–Crippen MR) is 106 cm³/mol. The van der Waals surface area contributed by atoms with E-state index in [1.165, 1.54) is 15.6 Å². The number of halogens is 1. The van der Waals surface area contributed by atoms with Crippen molar-refractivity contribution in [1.29, 1.82) is 0 Å². The summed E-state index contributed by atoms with van der Waals surface area (Å²) < 4.78 is 2.44. The van der Waals surface area contributed by atoms with Crippen LogP contribution in [-0.2, 0) is 0 Å². The molecule has 3 aromatic carbocycles. The fourth-order valence-electron chi connectivity index (χ4n) is 3.61. The van der Waals surface area contributed by atoms with E-state index in [1.54, 1.807) is 0 Å². The largest absolute Gasteiger partial charge is 1.00 e. The second-order valence-electron chi connectivity index (χ2n) is 6.09. The Morgan fingerprint density at radius 1 is 0.423 bits per heavy atom. The molecule has 0 aliphatic carbocycles. The van der Waals surface area contributed by atoms with E-state index in [0.717, 1.165) is 0 Å². The molecule has 0 amide bonds. The molecule has 0 saturated heterocycles. The van der Waals surface area contributed by atoms with Crippen molar-refractivity contribution < 1.29 is 21.2 Å². The SMILES string of the molecule is [Br-].c1ccc([Si](c2ccccc2)(c2ccccc2)[n+]2ccccc2)cc1. The van der Waals surface area contributed by atoms with Crippen LogP contribution < -0.4 is 36.8 Å². The van der Waals surface area contributed by atoms with Gasteiger partial charge in [0.1, 0.15) is 12.4 Å². The third-order valence-corrected chi connectivity index (χ3v) is 9.26. The zero-order valence-electron chi connectivity index (χ0n) is 14.4.